The van der Waals surface area contributed by atoms with Gasteiger partial charge in [0.1, 0.15) is 23.7 Å². The van der Waals surface area contributed by atoms with Crippen molar-refractivity contribution in [3.63, 3.8) is 0 Å². The number of ether oxygens (including phenoxy) is 2. The molecule has 4 rings (SSSR count). The number of fused-ring (bicyclic) bond motifs is 1. The summed E-state index contributed by atoms with van der Waals surface area (Å²) >= 11 is 0. The molecule has 1 N–H and O–H groups in total. The van der Waals surface area contributed by atoms with E-state index >= 15 is 0 Å². The quantitative estimate of drug-likeness (QED) is 0.544. The predicted molar refractivity (Wildman–Crippen MR) is 111 cm³/mol. The number of hydrogen-bond donors (Lipinski definition) is 1. The van der Waals surface area contributed by atoms with E-state index in [1.54, 1.807) is 38.6 Å². The van der Waals surface area contributed by atoms with E-state index in [2.05, 4.69) is 15.3 Å². The summed E-state index contributed by atoms with van der Waals surface area (Å²) in [6.45, 7) is 0.0762. The number of carbonyl (C=O) groups is 1. The standard InChI is InChI=1S/C22H20N4O3/c1-28-15-10-11-20(29-2)18(13-15)24-21(27)14-26-19-9-4-3-7-16(19)25-22(26)17-8-5-6-12-23-17/h3-13H,14H2,1-2H3,(H,24,27). The number of benzene rings is 2. The number of amides is 1. The van der Waals surface area contributed by atoms with Crippen LogP contribution < -0.4 is 14.8 Å². The third-order valence-electron chi connectivity index (χ3n) is 4.53. The number of anilines is 1. The molecule has 146 valence electrons. The summed E-state index contributed by atoms with van der Waals surface area (Å²) < 4.78 is 12.5. The number of pyridine rings is 1. The Morgan fingerprint density at radius 3 is 2.62 bits per heavy atom. The molecule has 0 bridgehead atoms. The predicted octanol–water partition coefficient (Wildman–Crippen LogP) is 3.75. The molecule has 0 unspecified atom stereocenters. The van der Waals surface area contributed by atoms with E-state index in [4.69, 9.17) is 9.47 Å². The molecule has 0 aliphatic carbocycles. The summed E-state index contributed by atoms with van der Waals surface area (Å²) in [6, 6.07) is 18.6. The van der Waals surface area contributed by atoms with E-state index in [0.29, 0.717) is 28.7 Å². The summed E-state index contributed by atoms with van der Waals surface area (Å²) in [7, 11) is 3.13. The zero-order valence-electron chi connectivity index (χ0n) is 16.1. The first-order chi connectivity index (χ1) is 14.2. The Bertz CT molecular complexity index is 1160. The molecule has 29 heavy (non-hydrogen) atoms. The van der Waals surface area contributed by atoms with Gasteiger partial charge in [0.15, 0.2) is 5.82 Å². The zero-order valence-corrected chi connectivity index (χ0v) is 16.1. The molecular formula is C22H20N4O3. The van der Waals surface area contributed by atoms with Crippen molar-refractivity contribution >= 4 is 22.6 Å². The van der Waals surface area contributed by atoms with Gasteiger partial charge in [0, 0.05) is 12.3 Å². The number of para-hydroxylation sites is 2. The van der Waals surface area contributed by atoms with Crippen LogP contribution in [0, 0.1) is 0 Å². The maximum Gasteiger partial charge on any atom is 0.244 e. The Balaban J connectivity index is 1.68. The van der Waals surface area contributed by atoms with Crippen LogP contribution in [0.5, 0.6) is 11.5 Å². The number of rotatable bonds is 6. The maximum atomic E-state index is 12.9. The molecule has 2 aromatic carbocycles. The Hall–Kier alpha value is -3.87. The van der Waals surface area contributed by atoms with Crippen LogP contribution in [0.3, 0.4) is 0 Å². The highest BCUT2D eigenvalue weighted by molar-refractivity contribution is 5.94. The number of nitrogens with zero attached hydrogens (tertiary/aromatic N) is 3. The van der Waals surface area contributed by atoms with Crippen LogP contribution >= 0.6 is 0 Å². The normalized spacial score (nSPS) is 10.7. The molecule has 0 atom stereocenters. The molecule has 0 radical (unpaired) electrons. The van der Waals surface area contributed by atoms with Crippen molar-refractivity contribution in [2.24, 2.45) is 0 Å². The molecule has 2 heterocycles. The van der Waals surface area contributed by atoms with E-state index in [9.17, 15) is 4.79 Å². The Morgan fingerprint density at radius 1 is 1.03 bits per heavy atom. The van der Waals surface area contributed by atoms with Crippen molar-refractivity contribution in [3.8, 4) is 23.0 Å². The highest BCUT2D eigenvalue weighted by atomic mass is 16.5. The van der Waals surface area contributed by atoms with Gasteiger partial charge in [-0.05, 0) is 36.4 Å². The number of imidazole rings is 1. The molecule has 0 saturated heterocycles. The minimum Gasteiger partial charge on any atom is -0.497 e. The molecule has 7 nitrogen and oxygen atoms in total. The molecule has 0 fully saturated rings. The minimum atomic E-state index is -0.211. The summed E-state index contributed by atoms with van der Waals surface area (Å²) in [5, 5.41) is 2.90. The first-order valence-electron chi connectivity index (χ1n) is 9.08. The lowest BCUT2D eigenvalue weighted by Crippen LogP contribution is -2.20. The summed E-state index contributed by atoms with van der Waals surface area (Å²) in [6.07, 6.45) is 1.71. The van der Waals surface area contributed by atoms with Gasteiger partial charge in [-0.25, -0.2) is 4.98 Å². The zero-order chi connectivity index (χ0) is 20.2. The first kappa shape index (κ1) is 18.5. The summed E-state index contributed by atoms with van der Waals surface area (Å²) in [5.74, 6) is 1.61. The number of methoxy groups -OCH3 is 2. The second-order valence-electron chi connectivity index (χ2n) is 6.34. The lowest BCUT2D eigenvalue weighted by Gasteiger charge is -2.13. The van der Waals surface area contributed by atoms with Crippen LogP contribution in [0.25, 0.3) is 22.6 Å². The lowest BCUT2D eigenvalue weighted by molar-refractivity contribution is -0.116. The fourth-order valence-corrected chi connectivity index (χ4v) is 3.17. The van der Waals surface area contributed by atoms with E-state index in [1.807, 2.05) is 47.0 Å². The van der Waals surface area contributed by atoms with Crippen molar-refractivity contribution in [2.45, 2.75) is 6.54 Å². The Morgan fingerprint density at radius 2 is 1.86 bits per heavy atom. The first-order valence-corrected chi connectivity index (χ1v) is 9.08. The highest BCUT2D eigenvalue weighted by Gasteiger charge is 2.17. The van der Waals surface area contributed by atoms with Gasteiger partial charge in [0.25, 0.3) is 0 Å². The fourth-order valence-electron chi connectivity index (χ4n) is 3.17. The van der Waals surface area contributed by atoms with Gasteiger partial charge >= 0.3 is 0 Å². The van der Waals surface area contributed by atoms with Crippen molar-refractivity contribution in [2.75, 3.05) is 19.5 Å². The molecule has 7 heteroatoms. The largest absolute Gasteiger partial charge is 0.497 e. The van der Waals surface area contributed by atoms with Crippen LogP contribution in [0.15, 0.2) is 66.9 Å². The smallest absolute Gasteiger partial charge is 0.244 e. The van der Waals surface area contributed by atoms with Gasteiger partial charge in [0.2, 0.25) is 5.91 Å². The van der Waals surface area contributed by atoms with E-state index in [1.165, 1.54) is 0 Å². The average Bonchev–Trinajstić information content (AvgIpc) is 3.12. The van der Waals surface area contributed by atoms with Crippen LogP contribution in [0.1, 0.15) is 0 Å². The van der Waals surface area contributed by atoms with Crippen molar-refractivity contribution in [1.29, 1.82) is 0 Å². The fraction of sp³-hybridized carbons (Fsp3) is 0.136. The lowest BCUT2D eigenvalue weighted by atomic mass is 10.2. The van der Waals surface area contributed by atoms with Crippen LogP contribution in [-0.4, -0.2) is 34.7 Å². The summed E-state index contributed by atoms with van der Waals surface area (Å²) in [5.41, 5.74) is 2.91. The van der Waals surface area contributed by atoms with Gasteiger partial charge in [-0.3, -0.25) is 9.78 Å². The second-order valence-corrected chi connectivity index (χ2v) is 6.34. The third kappa shape index (κ3) is 3.75. The monoisotopic (exact) mass is 388 g/mol. The molecule has 0 spiro atoms. The Kier molecular flexibility index (Phi) is 5.11. The Labute approximate surface area is 167 Å². The van der Waals surface area contributed by atoms with Crippen molar-refractivity contribution in [1.82, 2.24) is 14.5 Å². The molecule has 0 saturated carbocycles. The van der Waals surface area contributed by atoms with Crippen molar-refractivity contribution < 1.29 is 14.3 Å². The van der Waals surface area contributed by atoms with E-state index in [0.717, 1.165) is 11.0 Å². The van der Waals surface area contributed by atoms with Crippen molar-refractivity contribution in [3.05, 3.63) is 66.9 Å². The molecular weight excluding hydrogens is 368 g/mol. The van der Waals surface area contributed by atoms with E-state index in [-0.39, 0.29) is 12.5 Å². The summed E-state index contributed by atoms with van der Waals surface area (Å²) in [4.78, 5) is 22.0. The van der Waals surface area contributed by atoms with Crippen LogP contribution in [-0.2, 0) is 11.3 Å². The van der Waals surface area contributed by atoms with Crippen LogP contribution in [0.2, 0.25) is 0 Å². The number of carbonyl (C=O) groups excluding carboxylic acids is 1. The molecule has 2 aromatic heterocycles. The maximum absolute atomic E-state index is 12.9. The molecule has 0 aliphatic rings. The molecule has 4 aromatic rings. The van der Waals surface area contributed by atoms with Gasteiger partial charge in [-0.15, -0.1) is 0 Å². The second kappa shape index (κ2) is 8.02. The highest BCUT2D eigenvalue weighted by Crippen LogP contribution is 2.29. The number of hydrogen-bond acceptors (Lipinski definition) is 5. The molecule has 0 aliphatic heterocycles. The number of aromatic nitrogens is 3. The topological polar surface area (TPSA) is 78.3 Å². The van der Waals surface area contributed by atoms with Gasteiger partial charge in [-0.1, -0.05) is 18.2 Å². The van der Waals surface area contributed by atoms with Gasteiger partial charge in [-0.2, -0.15) is 0 Å². The van der Waals surface area contributed by atoms with E-state index < -0.39 is 0 Å². The third-order valence-corrected chi connectivity index (χ3v) is 4.53. The van der Waals surface area contributed by atoms with Gasteiger partial charge in [0.05, 0.1) is 30.9 Å². The minimum absolute atomic E-state index is 0.0762. The molecule has 1 amide bonds. The van der Waals surface area contributed by atoms with Crippen LogP contribution in [0.4, 0.5) is 5.69 Å². The average molecular weight is 388 g/mol. The van der Waals surface area contributed by atoms with Gasteiger partial charge < -0.3 is 19.4 Å². The SMILES string of the molecule is COc1ccc(OC)c(NC(=O)Cn2c(-c3ccccn3)nc3ccccc32)c1. The number of nitrogens with one attached hydrogen (secondary N) is 1.